The smallest absolute Gasteiger partial charge is 0.414 e. The summed E-state index contributed by atoms with van der Waals surface area (Å²) in [5.41, 5.74) is 1.62. The molecule has 0 aromatic heterocycles. The van der Waals surface area contributed by atoms with Crippen LogP contribution in [-0.4, -0.2) is 79.3 Å². The van der Waals surface area contributed by atoms with Crippen LogP contribution in [0.2, 0.25) is 0 Å². The van der Waals surface area contributed by atoms with Crippen LogP contribution in [0.4, 0.5) is 20.6 Å². The van der Waals surface area contributed by atoms with E-state index >= 15 is 4.39 Å². The van der Waals surface area contributed by atoms with E-state index in [9.17, 15) is 9.59 Å². The third kappa shape index (κ3) is 5.53. The van der Waals surface area contributed by atoms with Gasteiger partial charge in [-0.15, -0.1) is 0 Å². The number of amides is 2. The lowest BCUT2D eigenvalue weighted by Crippen LogP contribution is -2.48. The van der Waals surface area contributed by atoms with Crippen LogP contribution in [0.3, 0.4) is 0 Å². The van der Waals surface area contributed by atoms with Gasteiger partial charge < -0.3 is 34.4 Å². The van der Waals surface area contributed by atoms with Crippen molar-refractivity contribution in [3.05, 3.63) is 53.9 Å². The van der Waals surface area contributed by atoms with E-state index in [2.05, 4.69) is 17.5 Å². The van der Waals surface area contributed by atoms with Gasteiger partial charge in [0, 0.05) is 32.3 Å². The molecule has 0 unspecified atom stereocenters. The number of piperazine rings is 1. The molecular formula is C25H25FN4O6S. The zero-order chi connectivity index (χ0) is 25.9. The number of nitrogens with zero attached hydrogens (tertiary/aromatic N) is 3. The van der Waals surface area contributed by atoms with Crippen LogP contribution in [0.25, 0.3) is 6.08 Å². The van der Waals surface area contributed by atoms with E-state index in [4.69, 9.17) is 19.3 Å². The number of fused-ring (bicyclic) bond motifs is 1. The van der Waals surface area contributed by atoms with Crippen LogP contribution in [0.15, 0.2) is 42.5 Å². The summed E-state index contributed by atoms with van der Waals surface area (Å²) in [4.78, 5) is 29.8. The lowest BCUT2D eigenvalue weighted by molar-refractivity contribution is -0.126. The van der Waals surface area contributed by atoms with E-state index in [0.717, 1.165) is 5.56 Å². The van der Waals surface area contributed by atoms with E-state index in [0.29, 0.717) is 49.1 Å². The Kier molecular flexibility index (Phi) is 6.99. The first-order valence-corrected chi connectivity index (χ1v) is 12.1. The molecule has 0 radical (unpaired) electrons. The molecule has 5 rings (SSSR count). The summed E-state index contributed by atoms with van der Waals surface area (Å²) in [5, 5.41) is 11.2. The normalized spacial score (nSPS) is 18.9. The number of carbonyl (C=O) groups is 2. The topological polar surface area (TPSA) is 104 Å². The van der Waals surface area contributed by atoms with Gasteiger partial charge in [-0.1, -0.05) is 6.07 Å². The van der Waals surface area contributed by atoms with Crippen LogP contribution in [0, 0.1) is 5.82 Å². The molecule has 2 aromatic rings. The fourth-order valence-corrected chi connectivity index (χ4v) is 4.50. The van der Waals surface area contributed by atoms with Gasteiger partial charge in [-0.2, -0.15) is 0 Å². The van der Waals surface area contributed by atoms with Gasteiger partial charge in [0.15, 0.2) is 11.5 Å². The molecule has 0 spiro atoms. The molecule has 1 atom stereocenters. The molecule has 0 saturated carbocycles. The SMILES string of the molecule is O=C(C=Cc1ccc2c(c1)OCO2)N1CCN(c2ccc(N3C[C@H](CNC(O)=S)OC3=O)cc2F)CC1. The fraction of sp³-hybridized carbons (Fsp3) is 0.320. The number of ether oxygens (including phenoxy) is 3. The molecule has 2 fully saturated rings. The number of benzene rings is 2. The minimum Gasteiger partial charge on any atom is -0.487 e. The molecule has 0 bridgehead atoms. The van der Waals surface area contributed by atoms with Crippen molar-refractivity contribution in [2.75, 3.05) is 55.9 Å². The second-order valence-electron chi connectivity index (χ2n) is 8.70. The lowest BCUT2D eigenvalue weighted by Gasteiger charge is -2.36. The summed E-state index contributed by atoms with van der Waals surface area (Å²) in [7, 11) is 0. The molecule has 37 heavy (non-hydrogen) atoms. The second kappa shape index (κ2) is 10.5. The molecule has 3 aliphatic rings. The van der Waals surface area contributed by atoms with E-state index in [1.54, 1.807) is 29.2 Å². The van der Waals surface area contributed by atoms with Crippen molar-refractivity contribution < 1.29 is 33.3 Å². The number of cyclic esters (lactones) is 1. The molecule has 194 valence electrons. The number of hydrogen-bond acceptors (Lipinski definition) is 7. The third-order valence-corrected chi connectivity index (χ3v) is 6.49. The number of hydrogen-bond donors (Lipinski definition) is 2. The van der Waals surface area contributed by atoms with Gasteiger partial charge in [-0.25, -0.2) is 9.18 Å². The number of aliphatic hydroxyl groups excluding tert-OH is 1. The molecule has 2 amide bonds. The minimum atomic E-state index is -0.594. The van der Waals surface area contributed by atoms with Crippen LogP contribution < -0.4 is 24.6 Å². The molecule has 3 heterocycles. The average molecular weight is 529 g/mol. The fourth-order valence-electron chi connectivity index (χ4n) is 4.42. The largest absolute Gasteiger partial charge is 0.487 e. The van der Waals surface area contributed by atoms with Gasteiger partial charge >= 0.3 is 6.09 Å². The Balaban J connectivity index is 1.15. The zero-order valence-corrected chi connectivity index (χ0v) is 20.6. The quantitative estimate of drug-likeness (QED) is 0.433. The summed E-state index contributed by atoms with van der Waals surface area (Å²) in [6.45, 7) is 2.40. The number of carbonyl (C=O) groups excluding carboxylic acids is 2. The molecule has 2 N–H and O–H groups in total. The van der Waals surface area contributed by atoms with Crippen molar-refractivity contribution in [3.63, 3.8) is 0 Å². The van der Waals surface area contributed by atoms with E-state index in [1.807, 2.05) is 17.0 Å². The molecule has 10 nitrogen and oxygen atoms in total. The highest BCUT2D eigenvalue weighted by atomic mass is 32.1. The van der Waals surface area contributed by atoms with Gasteiger partial charge in [0.2, 0.25) is 12.7 Å². The highest BCUT2D eigenvalue weighted by molar-refractivity contribution is 7.79. The Bertz CT molecular complexity index is 1250. The van der Waals surface area contributed by atoms with Crippen molar-refractivity contribution in [1.29, 1.82) is 0 Å². The van der Waals surface area contributed by atoms with Crippen molar-refractivity contribution >= 4 is 46.8 Å². The Morgan fingerprint density at radius 3 is 2.68 bits per heavy atom. The average Bonchev–Trinajstić information content (AvgIpc) is 3.52. The molecule has 2 saturated heterocycles. The Labute approximate surface area is 217 Å². The summed E-state index contributed by atoms with van der Waals surface area (Å²) in [6.07, 6.45) is 2.14. The monoisotopic (exact) mass is 528 g/mol. The van der Waals surface area contributed by atoms with Crippen molar-refractivity contribution in [2.24, 2.45) is 0 Å². The van der Waals surface area contributed by atoms with Crippen molar-refractivity contribution in [2.45, 2.75) is 6.10 Å². The third-order valence-electron chi connectivity index (χ3n) is 6.34. The Morgan fingerprint density at radius 2 is 1.92 bits per heavy atom. The van der Waals surface area contributed by atoms with Crippen LogP contribution in [-0.2, 0) is 9.53 Å². The molecule has 2 aromatic carbocycles. The van der Waals surface area contributed by atoms with E-state index < -0.39 is 18.0 Å². The Hall–Kier alpha value is -4.06. The number of aliphatic hydroxyl groups is 1. The van der Waals surface area contributed by atoms with Crippen molar-refractivity contribution in [1.82, 2.24) is 10.2 Å². The second-order valence-corrected chi connectivity index (χ2v) is 9.08. The number of rotatable bonds is 6. The summed E-state index contributed by atoms with van der Waals surface area (Å²) >= 11 is 4.55. The number of nitrogens with one attached hydrogen (secondary N) is 1. The molecule has 12 heteroatoms. The van der Waals surface area contributed by atoms with Crippen LogP contribution in [0.5, 0.6) is 11.5 Å². The maximum absolute atomic E-state index is 15.0. The summed E-state index contributed by atoms with van der Waals surface area (Å²) < 4.78 is 30.9. The number of thiocarbonyl (C=S) groups is 1. The van der Waals surface area contributed by atoms with E-state index in [1.165, 1.54) is 17.0 Å². The lowest BCUT2D eigenvalue weighted by atomic mass is 10.1. The standard InChI is InChI=1S/C25H25FN4O6S/c26-19-12-17(30-14-18(36-25(30)33)13-27-24(32)37)3-4-20(19)28-7-9-29(10-8-28)23(31)6-2-16-1-5-21-22(11-16)35-15-34-21/h1-6,11-12,18H,7-10,13-15H2,(H2,27,32,37)/t18-/m0/s1. The van der Waals surface area contributed by atoms with Crippen molar-refractivity contribution in [3.8, 4) is 11.5 Å². The first-order chi connectivity index (χ1) is 17.9. The van der Waals surface area contributed by atoms with Crippen LogP contribution >= 0.6 is 12.2 Å². The zero-order valence-electron chi connectivity index (χ0n) is 19.8. The summed E-state index contributed by atoms with van der Waals surface area (Å²) in [5.74, 6) is 0.753. The van der Waals surface area contributed by atoms with Gasteiger partial charge in [0.05, 0.1) is 24.5 Å². The Morgan fingerprint density at radius 1 is 1.14 bits per heavy atom. The molecular weight excluding hydrogens is 503 g/mol. The van der Waals surface area contributed by atoms with Crippen LogP contribution in [0.1, 0.15) is 5.56 Å². The molecule has 3 aliphatic heterocycles. The van der Waals surface area contributed by atoms with E-state index in [-0.39, 0.29) is 31.0 Å². The van der Waals surface area contributed by atoms with Gasteiger partial charge in [-0.05, 0) is 54.2 Å². The molecule has 0 aliphatic carbocycles. The maximum Gasteiger partial charge on any atom is 0.414 e. The van der Waals surface area contributed by atoms with Gasteiger partial charge in [0.25, 0.3) is 5.17 Å². The highest BCUT2D eigenvalue weighted by Crippen LogP contribution is 2.33. The van der Waals surface area contributed by atoms with Gasteiger partial charge in [-0.3, -0.25) is 9.69 Å². The van der Waals surface area contributed by atoms with Gasteiger partial charge in [0.1, 0.15) is 11.9 Å². The first kappa shape index (κ1) is 24.6. The minimum absolute atomic E-state index is 0.119. The summed E-state index contributed by atoms with van der Waals surface area (Å²) in [6, 6.07) is 10.1. The number of anilines is 2. The predicted molar refractivity (Wildman–Crippen MR) is 138 cm³/mol. The highest BCUT2D eigenvalue weighted by Gasteiger charge is 2.33. The maximum atomic E-state index is 15.0. The first-order valence-electron chi connectivity index (χ1n) is 11.7. The number of halogens is 1. The predicted octanol–water partition coefficient (Wildman–Crippen LogP) is 2.67.